The normalized spacial score (nSPS) is 15.1. The van der Waals surface area contributed by atoms with Crippen molar-refractivity contribution in [3.8, 4) is 34.0 Å². The Kier molecular flexibility index (Phi) is 6.12. The third kappa shape index (κ3) is 4.56. The first-order chi connectivity index (χ1) is 16.8. The van der Waals surface area contributed by atoms with Crippen LogP contribution >= 0.6 is 0 Å². The molecule has 1 saturated heterocycles. The quantitative estimate of drug-likeness (QED) is 0.440. The van der Waals surface area contributed by atoms with E-state index in [0.29, 0.717) is 17.1 Å². The van der Waals surface area contributed by atoms with Crippen LogP contribution in [0.25, 0.3) is 33.4 Å². The van der Waals surface area contributed by atoms with Gasteiger partial charge < -0.3 is 14.5 Å². The lowest BCUT2D eigenvalue weighted by Gasteiger charge is -2.36. The van der Waals surface area contributed by atoms with Gasteiger partial charge in [0.1, 0.15) is 34.6 Å². The summed E-state index contributed by atoms with van der Waals surface area (Å²) in [4.78, 5) is 23.1. The summed E-state index contributed by atoms with van der Waals surface area (Å²) in [5.41, 5.74) is 2.11. The van der Waals surface area contributed by atoms with Gasteiger partial charge >= 0.3 is 0 Å². The van der Waals surface area contributed by atoms with Gasteiger partial charge in [0.05, 0.1) is 12.6 Å². The minimum absolute atomic E-state index is 0.0843. The standard InChI is InChI=1S/C26H24FN3O4S/c1-30-13-18(14-30)34-22-9-6-16(10-20(22)15-4-7-19(8-5-15)35(3)32)25-28-21-11-17(27)12-23(33-2)24(21)26(31)29-25/h4-12,18H,13-14H2,1-3H3,(H,28,29,31). The second-order valence-electron chi connectivity index (χ2n) is 8.57. The largest absolute Gasteiger partial charge is 0.496 e. The topological polar surface area (TPSA) is 84.5 Å². The van der Waals surface area contributed by atoms with Crippen molar-refractivity contribution in [2.75, 3.05) is 33.5 Å². The van der Waals surface area contributed by atoms with Crippen molar-refractivity contribution in [3.63, 3.8) is 0 Å². The highest BCUT2D eigenvalue weighted by Crippen LogP contribution is 2.35. The number of hydrogen-bond donors (Lipinski definition) is 1. The predicted octanol–water partition coefficient (Wildman–Crippen LogP) is 3.84. The summed E-state index contributed by atoms with van der Waals surface area (Å²) in [5.74, 6) is 0.594. The molecule has 2 heterocycles. The molecule has 0 aliphatic carbocycles. The van der Waals surface area contributed by atoms with Crippen LogP contribution in [0, 0.1) is 5.82 Å². The van der Waals surface area contributed by atoms with Crippen LogP contribution in [0.4, 0.5) is 4.39 Å². The lowest BCUT2D eigenvalue weighted by Crippen LogP contribution is -2.51. The highest BCUT2D eigenvalue weighted by Gasteiger charge is 2.26. The van der Waals surface area contributed by atoms with Gasteiger partial charge in [-0.25, -0.2) is 9.37 Å². The van der Waals surface area contributed by atoms with Gasteiger partial charge in [-0.3, -0.25) is 13.9 Å². The molecule has 1 N–H and O–H groups in total. The summed E-state index contributed by atoms with van der Waals surface area (Å²) < 4.78 is 37.4. The number of H-pyrrole nitrogens is 1. The molecule has 1 aromatic heterocycles. The second kappa shape index (κ2) is 9.24. The van der Waals surface area contributed by atoms with Gasteiger partial charge in [-0.2, -0.15) is 0 Å². The van der Waals surface area contributed by atoms with Crippen molar-refractivity contribution >= 4 is 21.7 Å². The number of hydrogen-bond acceptors (Lipinski definition) is 6. The predicted molar refractivity (Wildman–Crippen MR) is 134 cm³/mol. The van der Waals surface area contributed by atoms with E-state index in [1.54, 1.807) is 6.26 Å². The fraction of sp³-hybridized carbons (Fsp3) is 0.231. The molecule has 9 heteroatoms. The number of halogens is 1. The van der Waals surface area contributed by atoms with Crippen molar-refractivity contribution in [2.45, 2.75) is 11.0 Å². The van der Waals surface area contributed by atoms with Crippen LogP contribution in [0.3, 0.4) is 0 Å². The van der Waals surface area contributed by atoms with Gasteiger partial charge in [0.15, 0.2) is 0 Å². The summed E-state index contributed by atoms with van der Waals surface area (Å²) >= 11 is 0. The van der Waals surface area contributed by atoms with E-state index in [4.69, 9.17) is 9.47 Å². The van der Waals surface area contributed by atoms with Crippen molar-refractivity contribution in [1.29, 1.82) is 0 Å². The Balaban J connectivity index is 1.62. The Bertz CT molecular complexity index is 1500. The van der Waals surface area contributed by atoms with Crippen molar-refractivity contribution in [1.82, 2.24) is 14.9 Å². The Labute approximate surface area is 204 Å². The van der Waals surface area contributed by atoms with Gasteiger partial charge in [0.2, 0.25) is 0 Å². The summed E-state index contributed by atoms with van der Waals surface area (Å²) in [6, 6.07) is 15.4. The minimum atomic E-state index is -1.09. The number of methoxy groups -OCH3 is 1. The summed E-state index contributed by atoms with van der Waals surface area (Å²) in [7, 11) is 2.33. The number of rotatable bonds is 6. The van der Waals surface area contributed by atoms with E-state index in [2.05, 4.69) is 14.9 Å². The minimum Gasteiger partial charge on any atom is -0.496 e. The summed E-state index contributed by atoms with van der Waals surface area (Å²) in [6.07, 6.45) is 1.72. The molecule has 0 bridgehead atoms. The molecule has 35 heavy (non-hydrogen) atoms. The molecule has 7 nitrogen and oxygen atoms in total. The molecule has 1 atom stereocenters. The molecule has 0 saturated carbocycles. The lowest BCUT2D eigenvalue weighted by molar-refractivity contribution is 0.0392. The zero-order valence-electron chi connectivity index (χ0n) is 19.5. The smallest absolute Gasteiger partial charge is 0.262 e. The molecule has 1 aliphatic heterocycles. The number of likely N-dealkylation sites (tertiary alicyclic amines) is 1. The van der Waals surface area contributed by atoms with Crippen molar-refractivity contribution < 1.29 is 18.1 Å². The third-order valence-electron chi connectivity index (χ3n) is 6.03. The molecule has 4 aromatic rings. The van der Waals surface area contributed by atoms with E-state index in [0.717, 1.165) is 35.2 Å². The molecular formula is C26H24FN3O4S. The Morgan fingerprint density at radius 2 is 1.77 bits per heavy atom. The number of fused-ring (bicyclic) bond motifs is 1. The number of aromatic amines is 1. The Morgan fingerprint density at radius 1 is 1.06 bits per heavy atom. The van der Waals surface area contributed by atoms with Gasteiger partial charge in [0.25, 0.3) is 5.56 Å². The molecule has 0 amide bonds. The van der Waals surface area contributed by atoms with E-state index in [1.807, 2.05) is 49.5 Å². The number of aromatic nitrogens is 2. The average Bonchev–Trinajstić information content (AvgIpc) is 2.82. The fourth-order valence-corrected chi connectivity index (χ4v) is 4.75. The first-order valence-electron chi connectivity index (χ1n) is 11.0. The fourth-order valence-electron chi connectivity index (χ4n) is 4.23. The molecule has 180 valence electrons. The van der Waals surface area contributed by atoms with Crippen LogP contribution in [-0.2, 0) is 10.8 Å². The molecule has 3 aromatic carbocycles. The maximum atomic E-state index is 14.1. The monoisotopic (exact) mass is 493 g/mol. The van der Waals surface area contributed by atoms with Gasteiger partial charge in [-0.1, -0.05) is 12.1 Å². The van der Waals surface area contributed by atoms with Crippen LogP contribution in [0.15, 0.2) is 64.3 Å². The molecule has 1 aliphatic rings. The molecule has 0 spiro atoms. The number of ether oxygens (including phenoxy) is 2. The number of likely N-dealkylation sites (N-methyl/N-ethyl adjacent to an activating group) is 1. The van der Waals surface area contributed by atoms with Crippen LogP contribution in [0.2, 0.25) is 0 Å². The van der Waals surface area contributed by atoms with Crippen molar-refractivity contribution in [2.24, 2.45) is 0 Å². The van der Waals surface area contributed by atoms with E-state index in [-0.39, 0.29) is 22.8 Å². The van der Waals surface area contributed by atoms with E-state index in [9.17, 15) is 13.4 Å². The second-order valence-corrected chi connectivity index (χ2v) is 9.95. The highest BCUT2D eigenvalue weighted by atomic mass is 32.2. The van der Waals surface area contributed by atoms with Gasteiger partial charge in [0, 0.05) is 58.3 Å². The van der Waals surface area contributed by atoms with Gasteiger partial charge in [-0.05, 0) is 42.9 Å². The van der Waals surface area contributed by atoms with Crippen LogP contribution < -0.4 is 15.0 Å². The molecular weight excluding hydrogens is 469 g/mol. The van der Waals surface area contributed by atoms with Crippen LogP contribution in [0.1, 0.15) is 0 Å². The van der Waals surface area contributed by atoms with E-state index in [1.165, 1.54) is 13.2 Å². The Morgan fingerprint density at radius 3 is 2.43 bits per heavy atom. The summed E-state index contributed by atoms with van der Waals surface area (Å²) in [6.45, 7) is 1.67. The maximum absolute atomic E-state index is 14.1. The highest BCUT2D eigenvalue weighted by molar-refractivity contribution is 7.84. The van der Waals surface area contributed by atoms with E-state index >= 15 is 0 Å². The van der Waals surface area contributed by atoms with Gasteiger partial charge in [-0.15, -0.1) is 0 Å². The summed E-state index contributed by atoms with van der Waals surface area (Å²) in [5, 5.41) is 0.190. The maximum Gasteiger partial charge on any atom is 0.262 e. The third-order valence-corrected chi connectivity index (χ3v) is 6.97. The first-order valence-corrected chi connectivity index (χ1v) is 12.6. The number of nitrogens with one attached hydrogen (secondary N) is 1. The molecule has 1 unspecified atom stereocenters. The van der Waals surface area contributed by atoms with Crippen LogP contribution in [-0.4, -0.2) is 58.7 Å². The zero-order valence-corrected chi connectivity index (χ0v) is 20.3. The SMILES string of the molecule is COc1cc(F)cc2nc(-c3ccc(OC4CN(C)C4)c(-c4ccc(S(C)=O)cc4)c3)[nH]c(=O)c12. The number of nitrogens with zero attached hydrogens (tertiary/aromatic N) is 2. The van der Waals surface area contributed by atoms with E-state index < -0.39 is 22.2 Å². The lowest BCUT2D eigenvalue weighted by atomic mass is 10.0. The zero-order chi connectivity index (χ0) is 24.7. The molecule has 5 rings (SSSR count). The number of benzene rings is 3. The Hall–Kier alpha value is -3.56. The molecule has 1 fully saturated rings. The first kappa shape index (κ1) is 23.2. The molecule has 0 radical (unpaired) electrons. The van der Waals surface area contributed by atoms with Crippen molar-refractivity contribution in [3.05, 3.63) is 70.8 Å². The van der Waals surface area contributed by atoms with Crippen LogP contribution in [0.5, 0.6) is 11.5 Å². The average molecular weight is 494 g/mol.